The van der Waals surface area contributed by atoms with Crippen LogP contribution in [0, 0.1) is 10.8 Å². The molecule has 1 unspecified atom stereocenters. The van der Waals surface area contributed by atoms with Crippen molar-refractivity contribution in [1.29, 1.82) is 0 Å². The van der Waals surface area contributed by atoms with Gasteiger partial charge in [0.05, 0.1) is 0 Å². The predicted octanol–water partition coefficient (Wildman–Crippen LogP) is 2.40. The molecular formula is C14H28N2O. The van der Waals surface area contributed by atoms with Crippen LogP contribution in [0.25, 0.3) is 0 Å². The van der Waals surface area contributed by atoms with Crippen molar-refractivity contribution in [1.82, 2.24) is 4.90 Å². The Morgan fingerprint density at radius 3 is 2.47 bits per heavy atom. The summed E-state index contributed by atoms with van der Waals surface area (Å²) in [5, 5.41) is 0. The fourth-order valence-electron chi connectivity index (χ4n) is 2.26. The first-order valence-electron chi connectivity index (χ1n) is 6.65. The lowest BCUT2D eigenvalue weighted by Crippen LogP contribution is -2.47. The van der Waals surface area contributed by atoms with Gasteiger partial charge in [0, 0.05) is 25.6 Å². The van der Waals surface area contributed by atoms with Gasteiger partial charge in [-0.2, -0.15) is 0 Å². The normalized spacial score (nSPS) is 22.4. The molecule has 1 heterocycles. The van der Waals surface area contributed by atoms with Gasteiger partial charge >= 0.3 is 0 Å². The smallest absolute Gasteiger partial charge is 0.224 e. The summed E-state index contributed by atoms with van der Waals surface area (Å²) in [7, 11) is 0. The Morgan fingerprint density at radius 1 is 1.41 bits per heavy atom. The average Bonchev–Trinajstić information content (AvgIpc) is 2.14. The summed E-state index contributed by atoms with van der Waals surface area (Å²) in [5.41, 5.74) is 6.34. The topological polar surface area (TPSA) is 46.3 Å². The number of nitrogens with two attached hydrogens (primary N) is 1. The van der Waals surface area contributed by atoms with Crippen molar-refractivity contribution < 1.29 is 4.79 Å². The first-order valence-corrected chi connectivity index (χ1v) is 6.65. The van der Waals surface area contributed by atoms with Gasteiger partial charge in [-0.3, -0.25) is 4.79 Å². The maximum Gasteiger partial charge on any atom is 0.224 e. The van der Waals surface area contributed by atoms with E-state index in [1.54, 1.807) is 0 Å². The largest absolute Gasteiger partial charge is 0.342 e. The van der Waals surface area contributed by atoms with Gasteiger partial charge in [0.2, 0.25) is 5.91 Å². The van der Waals surface area contributed by atoms with Crippen molar-refractivity contribution in [3.8, 4) is 0 Å². The molecule has 3 nitrogen and oxygen atoms in total. The Hall–Kier alpha value is -0.570. The van der Waals surface area contributed by atoms with Crippen LogP contribution in [0.1, 0.15) is 53.9 Å². The first-order chi connectivity index (χ1) is 7.62. The van der Waals surface area contributed by atoms with Gasteiger partial charge in [-0.15, -0.1) is 0 Å². The molecule has 1 fully saturated rings. The summed E-state index contributed by atoms with van der Waals surface area (Å²) in [6.07, 6.45) is 2.80. The highest BCUT2D eigenvalue weighted by Gasteiger charge is 2.31. The molecule has 0 aromatic heterocycles. The van der Waals surface area contributed by atoms with Crippen LogP contribution in [-0.2, 0) is 4.79 Å². The highest BCUT2D eigenvalue weighted by atomic mass is 16.2. The minimum atomic E-state index is -0.0555. The molecule has 1 aliphatic rings. The second kappa shape index (κ2) is 4.97. The average molecular weight is 240 g/mol. The van der Waals surface area contributed by atoms with E-state index >= 15 is 0 Å². The third-order valence-electron chi connectivity index (χ3n) is 3.76. The molecule has 0 radical (unpaired) electrons. The van der Waals surface area contributed by atoms with Crippen LogP contribution in [0.4, 0.5) is 0 Å². The van der Waals surface area contributed by atoms with E-state index in [1.807, 2.05) is 4.90 Å². The van der Waals surface area contributed by atoms with Gasteiger partial charge in [0.1, 0.15) is 0 Å². The molecule has 0 aliphatic carbocycles. The third kappa shape index (κ3) is 4.30. The fourth-order valence-corrected chi connectivity index (χ4v) is 2.26. The fraction of sp³-hybridized carbons (Fsp3) is 0.929. The van der Waals surface area contributed by atoms with Crippen molar-refractivity contribution in [2.45, 2.75) is 59.9 Å². The highest BCUT2D eigenvalue weighted by molar-refractivity contribution is 5.77. The van der Waals surface area contributed by atoms with E-state index in [0.717, 1.165) is 19.5 Å². The third-order valence-corrected chi connectivity index (χ3v) is 3.76. The molecule has 17 heavy (non-hydrogen) atoms. The number of carbonyl (C=O) groups excluding carboxylic acids is 1. The lowest BCUT2D eigenvalue weighted by molar-refractivity contribution is -0.135. The molecule has 0 saturated carbocycles. The van der Waals surface area contributed by atoms with Crippen molar-refractivity contribution in [3.63, 3.8) is 0 Å². The van der Waals surface area contributed by atoms with Crippen molar-refractivity contribution in [3.05, 3.63) is 0 Å². The summed E-state index contributed by atoms with van der Waals surface area (Å²) in [4.78, 5) is 14.2. The van der Waals surface area contributed by atoms with Crippen molar-refractivity contribution in [2.24, 2.45) is 16.6 Å². The van der Waals surface area contributed by atoms with Gasteiger partial charge in [-0.25, -0.2) is 0 Å². The standard InChI is InChI=1S/C14H28N2O/c1-13(2,3)11(15)9-12(17)16-8-6-7-14(4,5)10-16/h11H,6-10,15H2,1-5H3. The van der Waals surface area contributed by atoms with E-state index in [-0.39, 0.29) is 22.8 Å². The molecular weight excluding hydrogens is 212 g/mol. The number of carbonyl (C=O) groups is 1. The van der Waals surface area contributed by atoms with Crippen LogP contribution in [0.2, 0.25) is 0 Å². The SMILES string of the molecule is CC1(C)CCCN(C(=O)CC(N)C(C)(C)C)C1. The molecule has 1 saturated heterocycles. The molecule has 100 valence electrons. The van der Waals surface area contributed by atoms with Crippen molar-refractivity contribution in [2.75, 3.05) is 13.1 Å². The number of nitrogens with zero attached hydrogens (tertiary/aromatic N) is 1. The van der Waals surface area contributed by atoms with Gasteiger partial charge in [0.15, 0.2) is 0 Å². The maximum atomic E-state index is 12.2. The van der Waals surface area contributed by atoms with Crippen molar-refractivity contribution >= 4 is 5.91 Å². The molecule has 0 aromatic carbocycles. The van der Waals surface area contributed by atoms with E-state index < -0.39 is 0 Å². The number of amides is 1. The van der Waals surface area contributed by atoms with Gasteiger partial charge in [0.25, 0.3) is 0 Å². The van der Waals surface area contributed by atoms with Gasteiger partial charge in [-0.1, -0.05) is 34.6 Å². The zero-order valence-corrected chi connectivity index (χ0v) is 12.0. The summed E-state index contributed by atoms with van der Waals surface area (Å²) >= 11 is 0. The number of hydrogen-bond acceptors (Lipinski definition) is 2. The number of likely N-dealkylation sites (tertiary alicyclic amines) is 1. The molecule has 1 aliphatic heterocycles. The van der Waals surface area contributed by atoms with Gasteiger partial charge < -0.3 is 10.6 Å². The van der Waals surface area contributed by atoms with Crippen LogP contribution < -0.4 is 5.73 Å². The first kappa shape index (κ1) is 14.5. The summed E-state index contributed by atoms with van der Waals surface area (Å²) < 4.78 is 0. The minimum absolute atomic E-state index is 0.000957. The monoisotopic (exact) mass is 240 g/mol. The lowest BCUT2D eigenvalue weighted by atomic mass is 9.82. The van der Waals surface area contributed by atoms with Crippen LogP contribution >= 0.6 is 0 Å². The summed E-state index contributed by atoms with van der Waals surface area (Å²) in [6.45, 7) is 12.5. The van der Waals surface area contributed by atoms with E-state index in [9.17, 15) is 4.79 Å². The zero-order chi connectivity index (χ0) is 13.3. The second-order valence-corrected chi connectivity index (χ2v) is 7.26. The zero-order valence-electron chi connectivity index (χ0n) is 12.0. The van der Waals surface area contributed by atoms with E-state index in [2.05, 4.69) is 34.6 Å². The molecule has 0 aromatic rings. The Kier molecular flexibility index (Phi) is 4.23. The maximum absolute atomic E-state index is 12.2. The molecule has 0 bridgehead atoms. The minimum Gasteiger partial charge on any atom is -0.342 e. The second-order valence-electron chi connectivity index (χ2n) is 7.26. The molecule has 0 spiro atoms. The Labute approximate surface area is 106 Å². The van der Waals surface area contributed by atoms with Crippen LogP contribution in [-0.4, -0.2) is 29.9 Å². The predicted molar refractivity (Wildman–Crippen MR) is 71.6 cm³/mol. The van der Waals surface area contributed by atoms with Gasteiger partial charge in [-0.05, 0) is 23.7 Å². The Balaban J connectivity index is 2.53. The van der Waals surface area contributed by atoms with Crippen LogP contribution in [0.5, 0.6) is 0 Å². The van der Waals surface area contributed by atoms with E-state index in [0.29, 0.717) is 6.42 Å². The van der Waals surface area contributed by atoms with Crippen LogP contribution in [0.3, 0.4) is 0 Å². The number of piperidine rings is 1. The van der Waals surface area contributed by atoms with E-state index in [1.165, 1.54) is 6.42 Å². The quantitative estimate of drug-likeness (QED) is 0.805. The summed E-state index contributed by atoms with van der Waals surface area (Å²) in [5.74, 6) is 0.222. The molecule has 1 amide bonds. The lowest BCUT2D eigenvalue weighted by Gasteiger charge is -2.39. The molecule has 2 N–H and O–H groups in total. The molecule has 1 rings (SSSR count). The number of hydrogen-bond donors (Lipinski definition) is 1. The number of rotatable bonds is 2. The summed E-state index contributed by atoms with van der Waals surface area (Å²) in [6, 6.07) is -0.0555. The molecule has 3 heteroatoms. The van der Waals surface area contributed by atoms with Crippen LogP contribution in [0.15, 0.2) is 0 Å². The Bertz CT molecular complexity index is 278. The highest BCUT2D eigenvalue weighted by Crippen LogP contribution is 2.29. The Morgan fingerprint density at radius 2 is 2.00 bits per heavy atom. The van der Waals surface area contributed by atoms with E-state index in [4.69, 9.17) is 5.73 Å². The molecule has 1 atom stereocenters.